The van der Waals surface area contributed by atoms with Crippen LogP contribution in [0.25, 0.3) is 11.3 Å². The molecule has 2 heterocycles. The van der Waals surface area contributed by atoms with Crippen molar-refractivity contribution in [2.45, 2.75) is 19.5 Å². The summed E-state index contributed by atoms with van der Waals surface area (Å²) in [5, 5.41) is 4.67. The van der Waals surface area contributed by atoms with Crippen LogP contribution in [0.1, 0.15) is 23.0 Å². The van der Waals surface area contributed by atoms with Gasteiger partial charge in [0.1, 0.15) is 5.69 Å². The summed E-state index contributed by atoms with van der Waals surface area (Å²) in [5.41, 5.74) is 2.73. The maximum absolute atomic E-state index is 12.9. The second-order valence-electron chi connectivity index (χ2n) is 7.16. The molecular weight excluding hydrogens is 374 g/mol. The fraction of sp³-hybridized carbons (Fsp3) is 0.273. The zero-order chi connectivity index (χ0) is 19.5. The van der Waals surface area contributed by atoms with E-state index in [1.54, 1.807) is 18.2 Å². The monoisotopic (exact) mass is 395 g/mol. The fourth-order valence-electron chi connectivity index (χ4n) is 3.62. The second-order valence-corrected chi connectivity index (χ2v) is 7.59. The van der Waals surface area contributed by atoms with Gasteiger partial charge in [0.25, 0.3) is 5.91 Å². The first-order valence-corrected chi connectivity index (χ1v) is 9.78. The number of benzene rings is 2. The van der Waals surface area contributed by atoms with Crippen molar-refractivity contribution in [3.05, 3.63) is 77.0 Å². The van der Waals surface area contributed by atoms with Crippen LogP contribution in [0.3, 0.4) is 0 Å². The van der Waals surface area contributed by atoms with E-state index in [0.29, 0.717) is 17.3 Å². The van der Waals surface area contributed by atoms with Crippen molar-refractivity contribution in [1.82, 2.24) is 15.0 Å². The van der Waals surface area contributed by atoms with Crippen LogP contribution in [0.2, 0.25) is 5.02 Å². The first-order chi connectivity index (χ1) is 13.6. The quantitative estimate of drug-likeness (QED) is 0.659. The molecule has 1 atom stereocenters. The Kier molecular flexibility index (Phi) is 5.46. The standard InChI is InChI=1S/C22H22ClN3O2/c1-16-14-25(15-17-6-3-2-4-7-17)10-11-26(16)22(27)21-13-20(24-28-21)18-8-5-9-19(23)12-18/h2-9,12-13,16H,10-11,14-15H2,1H3. The van der Waals surface area contributed by atoms with Gasteiger partial charge >= 0.3 is 0 Å². The molecule has 0 spiro atoms. The van der Waals surface area contributed by atoms with Gasteiger partial charge in [-0.3, -0.25) is 9.69 Å². The van der Waals surface area contributed by atoms with E-state index in [1.807, 2.05) is 23.1 Å². The molecule has 28 heavy (non-hydrogen) atoms. The van der Waals surface area contributed by atoms with Crippen LogP contribution in [-0.2, 0) is 6.54 Å². The average Bonchev–Trinajstić information content (AvgIpc) is 3.19. The first kappa shape index (κ1) is 18.7. The zero-order valence-corrected chi connectivity index (χ0v) is 16.5. The Balaban J connectivity index is 1.42. The highest BCUT2D eigenvalue weighted by Gasteiger charge is 2.30. The van der Waals surface area contributed by atoms with Gasteiger partial charge in [-0.1, -0.05) is 59.2 Å². The Morgan fingerprint density at radius 1 is 1.14 bits per heavy atom. The summed E-state index contributed by atoms with van der Waals surface area (Å²) in [6.07, 6.45) is 0. The van der Waals surface area contributed by atoms with E-state index in [1.165, 1.54) is 5.56 Å². The van der Waals surface area contributed by atoms with Crippen LogP contribution >= 0.6 is 11.6 Å². The molecule has 0 aliphatic carbocycles. The van der Waals surface area contributed by atoms with Gasteiger partial charge in [0.2, 0.25) is 5.76 Å². The van der Waals surface area contributed by atoms with Crippen LogP contribution in [0.4, 0.5) is 0 Å². The molecule has 0 N–H and O–H groups in total. The van der Waals surface area contributed by atoms with E-state index in [0.717, 1.165) is 25.2 Å². The Morgan fingerprint density at radius 3 is 2.71 bits per heavy atom. The van der Waals surface area contributed by atoms with Gasteiger partial charge in [-0.05, 0) is 24.6 Å². The molecule has 1 aliphatic heterocycles. The van der Waals surface area contributed by atoms with Crippen molar-refractivity contribution in [3.63, 3.8) is 0 Å². The van der Waals surface area contributed by atoms with Gasteiger partial charge in [0, 0.05) is 48.9 Å². The highest BCUT2D eigenvalue weighted by atomic mass is 35.5. The number of amides is 1. The fourth-order valence-corrected chi connectivity index (χ4v) is 3.81. The molecule has 1 aromatic heterocycles. The largest absolute Gasteiger partial charge is 0.350 e. The number of aromatic nitrogens is 1. The van der Waals surface area contributed by atoms with Gasteiger partial charge < -0.3 is 9.42 Å². The molecule has 144 valence electrons. The Labute approximate surface area is 169 Å². The lowest BCUT2D eigenvalue weighted by atomic mass is 10.1. The molecule has 1 fully saturated rings. The molecule has 0 saturated carbocycles. The minimum atomic E-state index is -0.118. The number of carbonyl (C=O) groups is 1. The van der Waals surface area contributed by atoms with Crippen molar-refractivity contribution in [1.29, 1.82) is 0 Å². The molecule has 2 aromatic carbocycles. The molecule has 1 unspecified atom stereocenters. The number of hydrogen-bond acceptors (Lipinski definition) is 4. The maximum Gasteiger partial charge on any atom is 0.292 e. The third-order valence-electron chi connectivity index (χ3n) is 5.06. The van der Waals surface area contributed by atoms with Crippen molar-refractivity contribution in [2.75, 3.05) is 19.6 Å². The number of carbonyl (C=O) groups excluding carboxylic acids is 1. The van der Waals surface area contributed by atoms with Gasteiger partial charge in [0.15, 0.2) is 0 Å². The van der Waals surface area contributed by atoms with Crippen molar-refractivity contribution >= 4 is 17.5 Å². The predicted octanol–water partition coefficient (Wildman–Crippen LogP) is 4.34. The summed E-state index contributed by atoms with van der Waals surface area (Å²) >= 11 is 6.04. The van der Waals surface area contributed by atoms with E-state index < -0.39 is 0 Å². The van der Waals surface area contributed by atoms with Crippen molar-refractivity contribution in [2.24, 2.45) is 0 Å². The van der Waals surface area contributed by atoms with Gasteiger partial charge in [-0.25, -0.2) is 0 Å². The minimum absolute atomic E-state index is 0.102. The number of hydrogen-bond donors (Lipinski definition) is 0. The SMILES string of the molecule is CC1CN(Cc2ccccc2)CCN1C(=O)c1cc(-c2cccc(Cl)c2)no1. The molecule has 4 rings (SSSR count). The summed E-state index contributed by atoms with van der Waals surface area (Å²) in [6, 6.07) is 19.5. The maximum atomic E-state index is 12.9. The lowest BCUT2D eigenvalue weighted by Gasteiger charge is -2.39. The number of halogens is 1. The molecule has 0 bridgehead atoms. The van der Waals surface area contributed by atoms with E-state index >= 15 is 0 Å². The number of nitrogens with zero attached hydrogens (tertiary/aromatic N) is 3. The molecule has 1 aliphatic rings. The molecule has 3 aromatic rings. The average molecular weight is 396 g/mol. The van der Waals surface area contributed by atoms with E-state index in [4.69, 9.17) is 16.1 Å². The zero-order valence-electron chi connectivity index (χ0n) is 15.7. The number of piperazine rings is 1. The summed E-state index contributed by atoms with van der Waals surface area (Å²) in [7, 11) is 0. The molecule has 0 radical (unpaired) electrons. The van der Waals surface area contributed by atoms with Gasteiger partial charge in [-0.2, -0.15) is 0 Å². The van der Waals surface area contributed by atoms with Crippen LogP contribution in [0.15, 0.2) is 65.2 Å². The summed E-state index contributed by atoms with van der Waals surface area (Å²) < 4.78 is 5.35. The van der Waals surface area contributed by atoms with Crippen LogP contribution in [0.5, 0.6) is 0 Å². The molecule has 6 heteroatoms. The summed E-state index contributed by atoms with van der Waals surface area (Å²) in [4.78, 5) is 17.2. The summed E-state index contributed by atoms with van der Waals surface area (Å²) in [6.45, 7) is 5.30. The highest BCUT2D eigenvalue weighted by molar-refractivity contribution is 6.30. The molecule has 1 saturated heterocycles. The third-order valence-corrected chi connectivity index (χ3v) is 5.30. The van der Waals surface area contributed by atoms with Crippen LogP contribution in [-0.4, -0.2) is 46.5 Å². The number of rotatable bonds is 4. The minimum Gasteiger partial charge on any atom is -0.350 e. The smallest absolute Gasteiger partial charge is 0.292 e. The predicted molar refractivity (Wildman–Crippen MR) is 109 cm³/mol. The van der Waals surface area contributed by atoms with Crippen LogP contribution < -0.4 is 0 Å². The Bertz CT molecular complexity index is 957. The van der Waals surface area contributed by atoms with Gasteiger partial charge in [0.05, 0.1) is 0 Å². The van der Waals surface area contributed by atoms with E-state index in [2.05, 4.69) is 41.2 Å². The molecule has 5 nitrogen and oxygen atoms in total. The van der Waals surface area contributed by atoms with Crippen molar-refractivity contribution in [3.8, 4) is 11.3 Å². The lowest BCUT2D eigenvalue weighted by Crippen LogP contribution is -2.53. The summed E-state index contributed by atoms with van der Waals surface area (Å²) in [5.74, 6) is 0.144. The topological polar surface area (TPSA) is 49.6 Å². The van der Waals surface area contributed by atoms with Gasteiger partial charge in [-0.15, -0.1) is 0 Å². The lowest BCUT2D eigenvalue weighted by molar-refractivity contribution is 0.0438. The normalized spacial score (nSPS) is 17.6. The highest BCUT2D eigenvalue weighted by Crippen LogP contribution is 2.24. The van der Waals surface area contributed by atoms with Crippen LogP contribution in [0, 0.1) is 0 Å². The van der Waals surface area contributed by atoms with E-state index in [-0.39, 0.29) is 17.7 Å². The Morgan fingerprint density at radius 2 is 1.96 bits per heavy atom. The first-order valence-electron chi connectivity index (χ1n) is 9.40. The molecule has 1 amide bonds. The Hall–Kier alpha value is -2.63. The van der Waals surface area contributed by atoms with Crippen molar-refractivity contribution < 1.29 is 9.32 Å². The van der Waals surface area contributed by atoms with E-state index in [9.17, 15) is 4.79 Å². The second kappa shape index (κ2) is 8.17. The third kappa shape index (κ3) is 4.11. The molecular formula is C22H22ClN3O2.